The molecule has 288 valence electrons. The van der Waals surface area contributed by atoms with Crippen molar-refractivity contribution < 1.29 is 46.7 Å². The first-order valence-electron chi connectivity index (χ1n) is 17.7. The van der Waals surface area contributed by atoms with E-state index >= 15 is 0 Å². The zero-order valence-corrected chi connectivity index (χ0v) is 30.5. The van der Waals surface area contributed by atoms with E-state index in [1.165, 1.54) is 38.1 Å². The van der Waals surface area contributed by atoms with Gasteiger partial charge in [-0.25, -0.2) is 4.79 Å². The summed E-state index contributed by atoms with van der Waals surface area (Å²) in [4.78, 5) is 82.2. The second-order valence-electron chi connectivity index (χ2n) is 14.0. The van der Waals surface area contributed by atoms with Crippen LogP contribution in [0.4, 0.5) is 13.2 Å². The second-order valence-corrected chi connectivity index (χ2v) is 14.0. The third kappa shape index (κ3) is 9.59. The maximum atomic E-state index is 14.4. The first-order chi connectivity index (χ1) is 25.5. The smallest absolute Gasteiger partial charge is 0.452 e. The average molecular weight is 751 g/mol. The van der Waals surface area contributed by atoms with E-state index in [0.29, 0.717) is 0 Å². The lowest BCUT2D eigenvalue weighted by Gasteiger charge is -2.39. The van der Waals surface area contributed by atoms with E-state index in [2.05, 4.69) is 10.6 Å². The van der Waals surface area contributed by atoms with Crippen molar-refractivity contribution in [1.29, 1.82) is 0 Å². The molecule has 4 N–H and O–H groups in total. The number of esters is 1. The van der Waals surface area contributed by atoms with Crippen LogP contribution in [0.2, 0.25) is 0 Å². The summed E-state index contributed by atoms with van der Waals surface area (Å²) in [5, 5.41) is 4.83. The van der Waals surface area contributed by atoms with Gasteiger partial charge < -0.3 is 26.0 Å². The Kier molecular flexibility index (Phi) is 13.5. The summed E-state index contributed by atoms with van der Waals surface area (Å²) in [6, 6.07) is 18.8. The van der Waals surface area contributed by atoms with Crippen molar-refractivity contribution in [3.8, 4) is 0 Å². The Hall–Kier alpha value is -5.37. The molecule has 0 aliphatic carbocycles. The fraction of sp³-hybridized carbons (Fsp3) is 0.400. The van der Waals surface area contributed by atoms with Crippen LogP contribution in [-0.4, -0.2) is 76.5 Å². The zero-order valence-electron chi connectivity index (χ0n) is 30.5. The SMILES string of the molecule is CC(C)C(NC(=O)[C@]1(C(=O)c2ccc(C(=O)N[C@@H](Cc3ccccc3)C(=O)OCc3ccccc3)cc2)CCCN1C(=O)[C@@H](N)C(C)C)C(=O)C(F)(F)F. The Morgan fingerprint density at radius 2 is 1.35 bits per heavy atom. The van der Waals surface area contributed by atoms with Crippen molar-refractivity contribution in [3.05, 3.63) is 107 Å². The van der Waals surface area contributed by atoms with Gasteiger partial charge in [0.25, 0.3) is 17.6 Å². The highest BCUT2D eigenvalue weighted by Gasteiger charge is 2.57. The number of nitrogens with two attached hydrogens (primary N) is 1. The number of Topliss-reactive ketones (excluding diaryl/α,β-unsaturated/α-hetero) is 2. The van der Waals surface area contributed by atoms with Crippen molar-refractivity contribution in [2.75, 3.05) is 6.54 Å². The highest BCUT2D eigenvalue weighted by Crippen LogP contribution is 2.35. The molecule has 0 radical (unpaired) electrons. The molecule has 3 aromatic carbocycles. The van der Waals surface area contributed by atoms with Crippen LogP contribution in [0.5, 0.6) is 0 Å². The van der Waals surface area contributed by atoms with Crippen molar-refractivity contribution >= 4 is 35.3 Å². The van der Waals surface area contributed by atoms with Gasteiger partial charge in [0.1, 0.15) is 12.6 Å². The van der Waals surface area contributed by atoms with Crippen molar-refractivity contribution in [3.63, 3.8) is 0 Å². The second kappa shape index (κ2) is 17.6. The normalized spacial score (nSPS) is 17.4. The third-order valence-corrected chi connectivity index (χ3v) is 9.42. The number of amides is 3. The third-order valence-electron chi connectivity index (χ3n) is 9.42. The van der Waals surface area contributed by atoms with E-state index < -0.39 is 76.9 Å². The molecule has 3 aromatic rings. The quantitative estimate of drug-likeness (QED) is 0.116. The first-order valence-corrected chi connectivity index (χ1v) is 17.7. The number of ketones is 2. The van der Waals surface area contributed by atoms with Crippen molar-refractivity contribution in [2.24, 2.45) is 17.6 Å². The summed E-state index contributed by atoms with van der Waals surface area (Å²) < 4.78 is 46.1. The molecule has 1 saturated heterocycles. The maximum Gasteiger partial charge on any atom is 0.452 e. The van der Waals surface area contributed by atoms with Crippen molar-refractivity contribution in [2.45, 2.75) is 83.4 Å². The summed E-state index contributed by atoms with van der Waals surface area (Å²) in [6.07, 6.45) is -5.28. The lowest BCUT2D eigenvalue weighted by molar-refractivity contribution is -0.175. The van der Waals surface area contributed by atoms with Crippen LogP contribution in [-0.2, 0) is 36.9 Å². The predicted molar refractivity (Wildman–Crippen MR) is 193 cm³/mol. The molecule has 0 saturated carbocycles. The molecule has 14 heteroatoms. The molecular formula is C40H45F3N4O7. The maximum absolute atomic E-state index is 14.4. The number of likely N-dealkylation sites (tertiary alicyclic amines) is 1. The molecule has 0 spiro atoms. The number of rotatable bonds is 15. The van der Waals surface area contributed by atoms with Crippen LogP contribution in [0, 0.1) is 11.8 Å². The van der Waals surface area contributed by atoms with Crippen LogP contribution in [0.25, 0.3) is 0 Å². The number of hydrogen-bond donors (Lipinski definition) is 3. The van der Waals surface area contributed by atoms with Gasteiger partial charge in [-0.1, -0.05) is 100 Å². The number of nitrogens with one attached hydrogen (secondary N) is 2. The molecule has 54 heavy (non-hydrogen) atoms. The lowest BCUT2D eigenvalue weighted by atomic mass is 9.83. The fourth-order valence-corrected chi connectivity index (χ4v) is 6.26. The highest BCUT2D eigenvalue weighted by atomic mass is 19.4. The summed E-state index contributed by atoms with van der Waals surface area (Å²) in [7, 11) is 0. The van der Waals surface area contributed by atoms with E-state index in [1.807, 2.05) is 12.1 Å². The number of hydrogen-bond acceptors (Lipinski definition) is 8. The Bertz CT molecular complexity index is 1820. The van der Waals surface area contributed by atoms with Gasteiger partial charge >= 0.3 is 12.1 Å². The minimum atomic E-state index is -5.28. The number of halogens is 3. The van der Waals surface area contributed by atoms with Crippen molar-refractivity contribution in [1.82, 2.24) is 15.5 Å². The molecule has 11 nitrogen and oxygen atoms in total. The van der Waals surface area contributed by atoms with Crippen LogP contribution in [0.1, 0.15) is 72.4 Å². The predicted octanol–water partition coefficient (Wildman–Crippen LogP) is 4.57. The number of nitrogens with zero attached hydrogens (tertiary/aromatic N) is 1. The van der Waals surface area contributed by atoms with Gasteiger partial charge in [0.05, 0.1) is 12.1 Å². The first kappa shape index (κ1) is 41.4. The zero-order chi connectivity index (χ0) is 39.8. The molecular weight excluding hydrogens is 705 g/mol. The topological polar surface area (TPSA) is 165 Å². The Morgan fingerprint density at radius 1 is 0.796 bits per heavy atom. The van der Waals surface area contributed by atoms with Gasteiger partial charge in [-0.15, -0.1) is 0 Å². The van der Waals surface area contributed by atoms with Gasteiger partial charge in [0.15, 0.2) is 11.3 Å². The molecule has 4 rings (SSSR count). The van der Waals surface area contributed by atoms with E-state index in [-0.39, 0.29) is 43.5 Å². The summed E-state index contributed by atoms with van der Waals surface area (Å²) >= 11 is 0. The number of alkyl halides is 3. The van der Waals surface area contributed by atoms with E-state index in [9.17, 15) is 41.9 Å². The van der Waals surface area contributed by atoms with Gasteiger partial charge in [-0.05, 0) is 47.9 Å². The number of carbonyl (C=O) groups excluding carboxylic acids is 6. The minimum Gasteiger partial charge on any atom is -0.459 e. The van der Waals surface area contributed by atoms with E-state index in [0.717, 1.165) is 16.0 Å². The fourth-order valence-electron chi connectivity index (χ4n) is 6.26. The van der Waals surface area contributed by atoms with Gasteiger partial charge in [0.2, 0.25) is 5.91 Å². The highest BCUT2D eigenvalue weighted by molar-refractivity contribution is 6.20. The Balaban J connectivity index is 1.63. The van der Waals surface area contributed by atoms with Gasteiger partial charge in [-0.3, -0.25) is 24.0 Å². The molecule has 3 amide bonds. The van der Waals surface area contributed by atoms with E-state index in [4.69, 9.17) is 10.5 Å². The molecule has 1 heterocycles. The van der Waals surface area contributed by atoms with Gasteiger partial charge in [0, 0.05) is 24.1 Å². The van der Waals surface area contributed by atoms with Gasteiger partial charge in [-0.2, -0.15) is 13.2 Å². The minimum absolute atomic E-state index is 0.0170. The molecule has 1 aliphatic rings. The molecule has 1 fully saturated rings. The average Bonchev–Trinajstić information content (AvgIpc) is 3.61. The molecule has 0 bridgehead atoms. The van der Waals surface area contributed by atoms with Crippen LogP contribution in [0.3, 0.4) is 0 Å². The van der Waals surface area contributed by atoms with Crippen LogP contribution < -0.4 is 16.4 Å². The number of benzene rings is 3. The number of carbonyl (C=O) groups is 6. The van der Waals surface area contributed by atoms with E-state index in [1.54, 1.807) is 62.4 Å². The molecule has 1 aliphatic heterocycles. The largest absolute Gasteiger partial charge is 0.459 e. The lowest BCUT2D eigenvalue weighted by Crippen LogP contribution is -2.67. The summed E-state index contributed by atoms with van der Waals surface area (Å²) in [5.74, 6) is -7.91. The van der Waals surface area contributed by atoms with Crippen LogP contribution >= 0.6 is 0 Å². The molecule has 0 aromatic heterocycles. The summed E-state index contributed by atoms with van der Waals surface area (Å²) in [5.41, 5.74) is 5.23. The molecule has 1 unspecified atom stereocenters. The Labute approximate surface area is 311 Å². The monoisotopic (exact) mass is 750 g/mol. The standard InChI is InChI=1S/C40H45F3N4O7/c1-24(2)31(44)36(51)47-21-11-20-39(47,38(53)46-32(25(3)4)34(49)40(41,42)43)33(48)28-16-18-29(19-17-28)35(50)45-30(22-26-12-7-5-8-13-26)37(52)54-23-27-14-9-6-10-15-27/h5-10,12-19,24-25,30-32H,11,20-23,44H2,1-4H3,(H,45,50)(H,46,53)/t30-,31-,32?,39+/m0/s1. The van der Waals surface area contributed by atoms with Crippen LogP contribution in [0.15, 0.2) is 84.9 Å². The Morgan fingerprint density at radius 3 is 1.89 bits per heavy atom. The molecule has 4 atom stereocenters. The number of ether oxygens (including phenoxy) is 1. The summed E-state index contributed by atoms with van der Waals surface area (Å²) in [6.45, 7) is 5.84.